The lowest BCUT2D eigenvalue weighted by molar-refractivity contribution is 0.262. The summed E-state index contributed by atoms with van der Waals surface area (Å²) in [5.74, 6) is 0.759. The molecule has 0 saturated heterocycles. The minimum Gasteiger partial charge on any atom is -0.370 e. The summed E-state index contributed by atoms with van der Waals surface area (Å²) in [5.41, 5.74) is 7.56. The Bertz CT molecular complexity index is 471. The minimum absolute atomic E-state index is 0.387. The number of hydrogen-bond acceptors (Lipinski definition) is 4. The molecule has 2 N–H and O–H groups in total. The molecular weight excluding hydrogens is 242 g/mol. The highest BCUT2D eigenvalue weighted by molar-refractivity contribution is 7.12. The Morgan fingerprint density at radius 1 is 1.33 bits per heavy atom. The van der Waals surface area contributed by atoms with E-state index < -0.39 is 0 Å². The van der Waals surface area contributed by atoms with Crippen molar-refractivity contribution >= 4 is 17.3 Å². The second-order valence-electron chi connectivity index (χ2n) is 5.43. The molecule has 2 heterocycles. The first-order valence-corrected chi connectivity index (χ1v) is 7.63. The summed E-state index contributed by atoms with van der Waals surface area (Å²) in [6.07, 6.45) is 5.22. The van der Waals surface area contributed by atoms with E-state index in [-0.39, 0.29) is 0 Å². The minimum atomic E-state index is 0.387. The van der Waals surface area contributed by atoms with Gasteiger partial charge >= 0.3 is 0 Å². The summed E-state index contributed by atoms with van der Waals surface area (Å²) in [5, 5.41) is 0. The predicted octanol–water partition coefficient (Wildman–Crippen LogP) is 2.98. The molecule has 98 valence electrons. The fourth-order valence-electron chi connectivity index (χ4n) is 3.36. The van der Waals surface area contributed by atoms with E-state index in [4.69, 9.17) is 5.73 Å². The van der Waals surface area contributed by atoms with Gasteiger partial charge in [0.2, 0.25) is 0 Å². The molecule has 0 amide bonds. The van der Waals surface area contributed by atoms with Crippen LogP contribution >= 0.6 is 11.3 Å². The summed E-state index contributed by atoms with van der Waals surface area (Å²) >= 11 is 1.88. The molecule has 4 heteroatoms. The lowest BCUT2D eigenvalue weighted by atomic mass is 10.0. The van der Waals surface area contributed by atoms with Gasteiger partial charge in [0.1, 0.15) is 0 Å². The Morgan fingerprint density at radius 3 is 2.67 bits per heavy atom. The van der Waals surface area contributed by atoms with Crippen molar-refractivity contribution in [2.24, 2.45) is 10.7 Å². The smallest absolute Gasteiger partial charge is 0.192 e. The van der Waals surface area contributed by atoms with Crippen LogP contribution in [0.2, 0.25) is 0 Å². The molecule has 0 radical (unpaired) electrons. The van der Waals surface area contributed by atoms with E-state index in [1.54, 1.807) is 0 Å². The molecule has 1 aromatic heterocycles. The number of aliphatic imine (C=N–C) groups is 1. The average Bonchev–Trinajstić information content (AvgIpc) is 2.99. The molecule has 1 aliphatic carbocycles. The number of nitrogens with two attached hydrogens (primary N) is 1. The highest BCUT2D eigenvalue weighted by Crippen LogP contribution is 2.37. The van der Waals surface area contributed by atoms with Crippen LogP contribution in [0.3, 0.4) is 0 Å². The van der Waals surface area contributed by atoms with Crippen LogP contribution in [-0.4, -0.2) is 23.4 Å². The largest absolute Gasteiger partial charge is 0.370 e. The van der Waals surface area contributed by atoms with E-state index in [0.717, 1.165) is 12.5 Å². The highest BCUT2D eigenvalue weighted by Gasteiger charge is 2.35. The Morgan fingerprint density at radius 2 is 2.06 bits per heavy atom. The van der Waals surface area contributed by atoms with Gasteiger partial charge in [0.15, 0.2) is 5.96 Å². The van der Waals surface area contributed by atoms with E-state index in [1.165, 1.54) is 41.0 Å². The van der Waals surface area contributed by atoms with Crippen molar-refractivity contribution < 1.29 is 0 Å². The van der Waals surface area contributed by atoms with Crippen LogP contribution in [0, 0.1) is 13.8 Å². The molecular formula is C14H21N3S. The summed E-state index contributed by atoms with van der Waals surface area (Å²) in [6.45, 7) is 5.23. The second kappa shape index (κ2) is 4.57. The van der Waals surface area contributed by atoms with Gasteiger partial charge in [-0.05, 0) is 38.3 Å². The van der Waals surface area contributed by atoms with Crippen molar-refractivity contribution in [3.63, 3.8) is 0 Å². The first kappa shape index (κ1) is 12.0. The molecule has 1 aliphatic heterocycles. The van der Waals surface area contributed by atoms with Crippen molar-refractivity contribution in [2.75, 3.05) is 6.54 Å². The lowest BCUT2D eigenvalue weighted by Crippen LogP contribution is -2.42. The maximum atomic E-state index is 6.12. The van der Waals surface area contributed by atoms with Crippen LogP contribution in [0.25, 0.3) is 0 Å². The van der Waals surface area contributed by atoms with Crippen LogP contribution in [0.15, 0.2) is 11.1 Å². The van der Waals surface area contributed by atoms with Crippen molar-refractivity contribution in [3.8, 4) is 0 Å². The van der Waals surface area contributed by atoms with E-state index in [1.807, 2.05) is 11.3 Å². The number of nitrogens with zero attached hydrogens (tertiary/aromatic N) is 2. The standard InChI is InChI=1S/C14H21N3S/c1-9-7-12(10(2)18-9)13-8-16-14(15)17(13)11-5-3-4-6-11/h7,11,13H,3-6,8H2,1-2H3,(H2,15,16). The van der Waals surface area contributed by atoms with Gasteiger partial charge in [-0.2, -0.15) is 0 Å². The Hall–Kier alpha value is -1.03. The Balaban J connectivity index is 1.89. The number of thiophene rings is 1. The Labute approximate surface area is 113 Å². The SMILES string of the molecule is Cc1cc(C2CN=C(N)N2C2CCCC2)c(C)s1. The molecule has 1 fully saturated rings. The van der Waals surface area contributed by atoms with Gasteiger partial charge < -0.3 is 10.6 Å². The van der Waals surface area contributed by atoms with Gasteiger partial charge in [-0.1, -0.05) is 12.8 Å². The third-order valence-electron chi connectivity index (χ3n) is 4.18. The number of guanidine groups is 1. The van der Waals surface area contributed by atoms with Crippen LogP contribution < -0.4 is 5.73 Å². The fourth-order valence-corrected chi connectivity index (χ4v) is 4.34. The summed E-state index contributed by atoms with van der Waals surface area (Å²) in [6, 6.07) is 3.32. The average molecular weight is 263 g/mol. The van der Waals surface area contributed by atoms with Crippen molar-refractivity contribution in [1.82, 2.24) is 4.90 Å². The van der Waals surface area contributed by atoms with Crippen molar-refractivity contribution in [3.05, 3.63) is 21.4 Å². The number of rotatable bonds is 2. The van der Waals surface area contributed by atoms with Gasteiger partial charge in [0.05, 0.1) is 12.6 Å². The summed E-state index contributed by atoms with van der Waals surface area (Å²) < 4.78 is 0. The Kier molecular flexibility index (Phi) is 3.06. The first-order valence-electron chi connectivity index (χ1n) is 6.82. The first-order chi connectivity index (χ1) is 8.66. The van der Waals surface area contributed by atoms with Gasteiger partial charge in [-0.15, -0.1) is 11.3 Å². The van der Waals surface area contributed by atoms with Crippen molar-refractivity contribution in [1.29, 1.82) is 0 Å². The zero-order valence-electron chi connectivity index (χ0n) is 11.1. The molecule has 1 unspecified atom stereocenters. The van der Waals surface area contributed by atoms with E-state index >= 15 is 0 Å². The van der Waals surface area contributed by atoms with Crippen LogP contribution in [-0.2, 0) is 0 Å². The quantitative estimate of drug-likeness (QED) is 0.891. The maximum absolute atomic E-state index is 6.12. The monoisotopic (exact) mass is 263 g/mol. The summed E-state index contributed by atoms with van der Waals surface area (Å²) in [7, 11) is 0. The fraction of sp³-hybridized carbons (Fsp3) is 0.643. The van der Waals surface area contributed by atoms with Crippen LogP contribution in [0.4, 0.5) is 0 Å². The molecule has 3 nitrogen and oxygen atoms in total. The van der Waals surface area contributed by atoms with Gasteiger partial charge in [0, 0.05) is 15.8 Å². The zero-order valence-corrected chi connectivity index (χ0v) is 12.0. The lowest BCUT2D eigenvalue weighted by Gasteiger charge is -2.32. The topological polar surface area (TPSA) is 41.6 Å². The van der Waals surface area contributed by atoms with E-state index in [0.29, 0.717) is 12.1 Å². The maximum Gasteiger partial charge on any atom is 0.192 e. The zero-order chi connectivity index (χ0) is 12.7. The van der Waals surface area contributed by atoms with Gasteiger partial charge in [0.25, 0.3) is 0 Å². The molecule has 1 saturated carbocycles. The molecule has 1 aromatic rings. The van der Waals surface area contributed by atoms with E-state index in [2.05, 4.69) is 29.8 Å². The van der Waals surface area contributed by atoms with Gasteiger partial charge in [-0.25, -0.2) is 0 Å². The third-order valence-corrected chi connectivity index (χ3v) is 5.16. The normalized spacial score (nSPS) is 24.9. The summed E-state index contributed by atoms with van der Waals surface area (Å²) in [4.78, 5) is 9.70. The number of hydrogen-bond donors (Lipinski definition) is 1. The van der Waals surface area contributed by atoms with Crippen LogP contribution in [0.5, 0.6) is 0 Å². The molecule has 0 spiro atoms. The molecule has 3 rings (SSSR count). The molecule has 0 aromatic carbocycles. The molecule has 2 aliphatic rings. The predicted molar refractivity (Wildman–Crippen MR) is 77.1 cm³/mol. The number of aryl methyl sites for hydroxylation is 2. The third kappa shape index (κ3) is 1.92. The second-order valence-corrected chi connectivity index (χ2v) is 6.89. The molecule has 18 heavy (non-hydrogen) atoms. The molecule has 0 bridgehead atoms. The highest BCUT2D eigenvalue weighted by atomic mass is 32.1. The molecule has 1 atom stereocenters. The van der Waals surface area contributed by atoms with E-state index in [9.17, 15) is 0 Å². The van der Waals surface area contributed by atoms with Crippen molar-refractivity contribution in [2.45, 2.75) is 51.6 Å². The van der Waals surface area contributed by atoms with Crippen LogP contribution in [0.1, 0.15) is 47.0 Å². The van der Waals surface area contributed by atoms with Gasteiger partial charge in [-0.3, -0.25) is 4.99 Å².